The summed E-state index contributed by atoms with van der Waals surface area (Å²) in [5, 5.41) is 5.44. The first kappa shape index (κ1) is 28.4. The van der Waals surface area contributed by atoms with Crippen molar-refractivity contribution in [3.8, 4) is 0 Å². The quantitative estimate of drug-likeness (QED) is 0.380. The van der Waals surface area contributed by atoms with Crippen LogP contribution in [0.25, 0.3) is 0 Å². The maximum atomic E-state index is 13.4. The molecule has 0 saturated carbocycles. The van der Waals surface area contributed by atoms with Crippen LogP contribution in [0, 0.1) is 0 Å². The standard InChI is InChI=1S/C31H36N2O5/c1-31(2,3)25-17-15-23(16-18-25)20-27(29(35)37-4)32-28(34)26(19-22-11-7-5-8-12-22)33-30(36)38-21-24-13-9-6-10-14-24/h5-18,26-27H,19-21H2,1-4H3,(H,32,34)(H,33,36)/t26-,27-/m1/s1. The van der Waals surface area contributed by atoms with Crippen molar-refractivity contribution in [2.24, 2.45) is 0 Å². The molecule has 0 radical (unpaired) electrons. The molecule has 0 fully saturated rings. The smallest absolute Gasteiger partial charge is 0.408 e. The van der Waals surface area contributed by atoms with Gasteiger partial charge in [0.05, 0.1) is 7.11 Å². The van der Waals surface area contributed by atoms with Crippen molar-refractivity contribution in [3.05, 3.63) is 107 Å². The van der Waals surface area contributed by atoms with Crippen molar-refractivity contribution in [2.75, 3.05) is 7.11 Å². The van der Waals surface area contributed by atoms with Crippen molar-refractivity contribution >= 4 is 18.0 Å². The fourth-order valence-electron chi connectivity index (χ4n) is 3.95. The van der Waals surface area contributed by atoms with Crippen LogP contribution in [-0.4, -0.2) is 37.2 Å². The second-order valence-corrected chi connectivity index (χ2v) is 10.2. The van der Waals surface area contributed by atoms with E-state index in [9.17, 15) is 14.4 Å². The van der Waals surface area contributed by atoms with Crippen LogP contribution in [0.3, 0.4) is 0 Å². The molecule has 0 aliphatic carbocycles. The summed E-state index contributed by atoms with van der Waals surface area (Å²) >= 11 is 0. The molecule has 0 bridgehead atoms. The highest BCUT2D eigenvalue weighted by atomic mass is 16.5. The van der Waals surface area contributed by atoms with Crippen molar-refractivity contribution in [3.63, 3.8) is 0 Å². The van der Waals surface area contributed by atoms with E-state index in [1.165, 1.54) is 12.7 Å². The van der Waals surface area contributed by atoms with E-state index in [-0.39, 0.29) is 24.9 Å². The molecule has 38 heavy (non-hydrogen) atoms. The molecule has 7 heteroatoms. The molecule has 2 amide bonds. The Balaban J connectivity index is 1.72. The monoisotopic (exact) mass is 516 g/mol. The molecule has 0 spiro atoms. The normalized spacial score (nSPS) is 12.6. The largest absolute Gasteiger partial charge is 0.467 e. The number of benzene rings is 3. The molecule has 200 valence electrons. The number of carbonyl (C=O) groups is 3. The van der Waals surface area contributed by atoms with E-state index >= 15 is 0 Å². The summed E-state index contributed by atoms with van der Waals surface area (Å²) < 4.78 is 10.3. The van der Waals surface area contributed by atoms with Gasteiger partial charge in [-0.25, -0.2) is 9.59 Å². The summed E-state index contributed by atoms with van der Waals surface area (Å²) in [5.74, 6) is -1.07. The number of methoxy groups -OCH3 is 1. The Morgan fingerprint density at radius 3 is 1.79 bits per heavy atom. The Labute approximate surface area is 224 Å². The lowest BCUT2D eigenvalue weighted by Gasteiger charge is -2.23. The van der Waals surface area contributed by atoms with Gasteiger partial charge in [-0.2, -0.15) is 0 Å². The molecular formula is C31H36N2O5. The van der Waals surface area contributed by atoms with Gasteiger partial charge < -0.3 is 20.1 Å². The SMILES string of the molecule is COC(=O)[C@@H](Cc1ccc(C(C)(C)C)cc1)NC(=O)[C@@H](Cc1ccccc1)NC(=O)OCc1ccccc1. The highest BCUT2D eigenvalue weighted by molar-refractivity contribution is 5.90. The zero-order chi connectivity index (χ0) is 27.5. The number of rotatable bonds is 10. The maximum Gasteiger partial charge on any atom is 0.408 e. The van der Waals surface area contributed by atoms with Gasteiger partial charge in [0.15, 0.2) is 0 Å². The van der Waals surface area contributed by atoms with Crippen LogP contribution >= 0.6 is 0 Å². The van der Waals surface area contributed by atoms with Gasteiger partial charge in [-0.1, -0.05) is 106 Å². The molecule has 0 heterocycles. The van der Waals surface area contributed by atoms with Gasteiger partial charge in [-0.15, -0.1) is 0 Å². The third kappa shape index (κ3) is 8.76. The number of alkyl carbamates (subject to hydrolysis) is 1. The minimum Gasteiger partial charge on any atom is -0.467 e. The predicted molar refractivity (Wildman–Crippen MR) is 146 cm³/mol. The van der Waals surface area contributed by atoms with Crippen LogP contribution in [-0.2, 0) is 43.9 Å². The zero-order valence-electron chi connectivity index (χ0n) is 22.4. The lowest BCUT2D eigenvalue weighted by Crippen LogP contribution is -2.53. The van der Waals surface area contributed by atoms with Gasteiger partial charge >= 0.3 is 12.1 Å². The summed E-state index contributed by atoms with van der Waals surface area (Å²) in [4.78, 5) is 38.6. The highest BCUT2D eigenvalue weighted by Crippen LogP contribution is 2.22. The van der Waals surface area contributed by atoms with Crippen LogP contribution in [0.2, 0.25) is 0 Å². The minimum absolute atomic E-state index is 0.0000546. The van der Waals surface area contributed by atoms with Crippen molar-refractivity contribution in [1.82, 2.24) is 10.6 Å². The molecule has 2 atom stereocenters. The van der Waals surface area contributed by atoms with Crippen LogP contribution in [0.1, 0.15) is 43.0 Å². The first-order valence-electron chi connectivity index (χ1n) is 12.6. The zero-order valence-corrected chi connectivity index (χ0v) is 22.4. The first-order chi connectivity index (χ1) is 18.2. The fraction of sp³-hybridized carbons (Fsp3) is 0.323. The van der Waals surface area contributed by atoms with E-state index in [1.54, 1.807) is 0 Å². The van der Waals surface area contributed by atoms with Gasteiger partial charge in [0.2, 0.25) is 5.91 Å². The van der Waals surface area contributed by atoms with E-state index < -0.39 is 30.1 Å². The Morgan fingerprint density at radius 2 is 1.24 bits per heavy atom. The molecule has 0 unspecified atom stereocenters. The molecule has 7 nitrogen and oxygen atoms in total. The fourth-order valence-corrected chi connectivity index (χ4v) is 3.95. The van der Waals surface area contributed by atoms with Gasteiger partial charge in [0.25, 0.3) is 0 Å². The van der Waals surface area contributed by atoms with E-state index in [4.69, 9.17) is 9.47 Å². The summed E-state index contributed by atoms with van der Waals surface area (Å²) in [6.07, 6.45) is -0.252. The maximum absolute atomic E-state index is 13.4. The molecule has 3 aromatic carbocycles. The van der Waals surface area contributed by atoms with Crippen molar-refractivity contribution < 1.29 is 23.9 Å². The Morgan fingerprint density at radius 1 is 0.711 bits per heavy atom. The van der Waals surface area contributed by atoms with Crippen LogP contribution in [0.5, 0.6) is 0 Å². The first-order valence-corrected chi connectivity index (χ1v) is 12.6. The number of hydrogen-bond acceptors (Lipinski definition) is 5. The molecule has 0 saturated heterocycles. The second kappa shape index (κ2) is 13.4. The highest BCUT2D eigenvalue weighted by Gasteiger charge is 2.28. The number of esters is 1. The average Bonchev–Trinajstić information content (AvgIpc) is 2.91. The number of nitrogens with one attached hydrogen (secondary N) is 2. The number of ether oxygens (including phenoxy) is 2. The molecule has 0 aromatic heterocycles. The Kier molecular flexibility index (Phi) is 10.0. The summed E-state index contributed by atoms with van der Waals surface area (Å²) in [6.45, 7) is 6.46. The summed E-state index contributed by atoms with van der Waals surface area (Å²) in [7, 11) is 1.28. The molecule has 0 aliphatic heterocycles. The molecular weight excluding hydrogens is 480 g/mol. The molecule has 3 aromatic rings. The van der Waals surface area contributed by atoms with E-state index in [2.05, 4.69) is 31.4 Å². The number of hydrogen-bond donors (Lipinski definition) is 2. The summed E-state index contributed by atoms with van der Waals surface area (Å²) in [6, 6.07) is 24.6. The Hall–Kier alpha value is -4.13. The van der Waals surface area contributed by atoms with Crippen LogP contribution < -0.4 is 10.6 Å². The topological polar surface area (TPSA) is 93.7 Å². The Bertz CT molecular complexity index is 1190. The average molecular weight is 517 g/mol. The second-order valence-electron chi connectivity index (χ2n) is 10.2. The summed E-state index contributed by atoms with van der Waals surface area (Å²) in [5.41, 5.74) is 3.72. The molecule has 0 aliphatic rings. The third-order valence-electron chi connectivity index (χ3n) is 6.17. The van der Waals surface area contributed by atoms with E-state index in [0.717, 1.165) is 16.7 Å². The van der Waals surface area contributed by atoms with Crippen molar-refractivity contribution in [2.45, 2.75) is 57.7 Å². The van der Waals surface area contributed by atoms with Gasteiger partial charge in [-0.3, -0.25) is 4.79 Å². The predicted octanol–water partition coefficient (Wildman–Crippen LogP) is 4.72. The third-order valence-corrected chi connectivity index (χ3v) is 6.17. The van der Waals surface area contributed by atoms with Crippen LogP contribution in [0.15, 0.2) is 84.9 Å². The van der Waals surface area contributed by atoms with Gasteiger partial charge in [-0.05, 0) is 27.7 Å². The minimum atomic E-state index is -0.962. The lowest BCUT2D eigenvalue weighted by molar-refractivity contribution is -0.145. The van der Waals surface area contributed by atoms with Gasteiger partial charge in [0, 0.05) is 12.8 Å². The van der Waals surface area contributed by atoms with E-state index in [0.29, 0.717) is 0 Å². The molecule has 2 N–H and O–H groups in total. The number of amides is 2. The van der Waals surface area contributed by atoms with Gasteiger partial charge in [0.1, 0.15) is 18.7 Å². The molecule has 3 rings (SSSR count). The number of carbonyl (C=O) groups excluding carboxylic acids is 3. The van der Waals surface area contributed by atoms with E-state index in [1.807, 2.05) is 84.9 Å². The van der Waals surface area contributed by atoms with Crippen LogP contribution in [0.4, 0.5) is 4.79 Å². The van der Waals surface area contributed by atoms with Crippen molar-refractivity contribution in [1.29, 1.82) is 0 Å². The lowest BCUT2D eigenvalue weighted by atomic mass is 9.86.